The molecule has 0 aliphatic carbocycles. The van der Waals surface area contributed by atoms with Crippen molar-refractivity contribution in [2.45, 2.75) is 6.04 Å². The van der Waals surface area contributed by atoms with Crippen LogP contribution in [-0.4, -0.2) is 15.1 Å². The number of hydrogen-bond acceptors (Lipinski definition) is 6. The summed E-state index contributed by atoms with van der Waals surface area (Å²) in [5.74, 6) is 0.847. The SMILES string of the molecule is Oc1c([C@@H](Nc2nccs2)c2ccco2)ccc2cccnc12. The van der Waals surface area contributed by atoms with Crippen LogP contribution < -0.4 is 5.32 Å². The van der Waals surface area contributed by atoms with Gasteiger partial charge in [0, 0.05) is 28.7 Å². The number of hydrogen-bond donors (Lipinski definition) is 2. The minimum absolute atomic E-state index is 0.147. The van der Waals surface area contributed by atoms with Crippen molar-refractivity contribution in [1.29, 1.82) is 0 Å². The van der Waals surface area contributed by atoms with Crippen LogP contribution in [0.15, 0.2) is 64.9 Å². The number of aromatic hydroxyl groups is 1. The predicted octanol–water partition coefficient (Wildman–Crippen LogP) is 4.19. The van der Waals surface area contributed by atoms with Crippen LogP contribution in [0, 0.1) is 0 Å². The molecule has 23 heavy (non-hydrogen) atoms. The molecule has 1 aromatic carbocycles. The molecule has 114 valence electrons. The first kappa shape index (κ1) is 13.8. The largest absolute Gasteiger partial charge is 0.505 e. The third kappa shape index (κ3) is 2.53. The summed E-state index contributed by atoms with van der Waals surface area (Å²) in [6, 6.07) is 10.9. The van der Waals surface area contributed by atoms with Gasteiger partial charge in [-0.05, 0) is 18.2 Å². The van der Waals surface area contributed by atoms with Gasteiger partial charge in [-0.3, -0.25) is 4.98 Å². The van der Waals surface area contributed by atoms with Gasteiger partial charge >= 0.3 is 0 Å². The van der Waals surface area contributed by atoms with Crippen molar-refractivity contribution in [2.75, 3.05) is 5.32 Å². The smallest absolute Gasteiger partial charge is 0.183 e. The van der Waals surface area contributed by atoms with E-state index >= 15 is 0 Å². The molecule has 5 nitrogen and oxygen atoms in total. The number of phenols is 1. The number of thiazole rings is 1. The quantitative estimate of drug-likeness (QED) is 0.589. The van der Waals surface area contributed by atoms with Crippen LogP contribution in [0.4, 0.5) is 5.13 Å². The monoisotopic (exact) mass is 323 g/mol. The molecule has 6 heteroatoms. The summed E-state index contributed by atoms with van der Waals surface area (Å²) in [6.07, 6.45) is 5.01. The molecule has 3 aromatic heterocycles. The third-order valence-electron chi connectivity index (χ3n) is 3.62. The standard InChI is InChI=1S/C17H13N3O2S/c21-16-12(6-5-11-3-1-7-18-14(11)16)15(13-4-2-9-22-13)20-17-19-8-10-23-17/h1-10,15,21H,(H,19,20)/t15-/m1/s1. The summed E-state index contributed by atoms with van der Waals surface area (Å²) in [5, 5.41) is 17.5. The van der Waals surface area contributed by atoms with E-state index in [2.05, 4.69) is 15.3 Å². The number of aromatic nitrogens is 2. The lowest BCUT2D eigenvalue weighted by atomic mass is 10.0. The van der Waals surface area contributed by atoms with Crippen LogP contribution in [0.3, 0.4) is 0 Å². The highest BCUT2D eigenvalue weighted by molar-refractivity contribution is 7.13. The van der Waals surface area contributed by atoms with Crippen LogP contribution >= 0.6 is 11.3 Å². The van der Waals surface area contributed by atoms with Crippen molar-refractivity contribution in [2.24, 2.45) is 0 Å². The van der Waals surface area contributed by atoms with Gasteiger partial charge in [0.1, 0.15) is 23.1 Å². The molecule has 3 heterocycles. The van der Waals surface area contributed by atoms with Crippen LogP contribution in [-0.2, 0) is 0 Å². The molecule has 0 bridgehead atoms. The summed E-state index contributed by atoms with van der Waals surface area (Å²) in [7, 11) is 0. The molecule has 0 fully saturated rings. The second-order valence-electron chi connectivity index (χ2n) is 5.01. The summed E-state index contributed by atoms with van der Waals surface area (Å²) in [5.41, 5.74) is 1.27. The maximum absolute atomic E-state index is 10.7. The Labute approximate surface area is 136 Å². The number of benzene rings is 1. The lowest BCUT2D eigenvalue weighted by Crippen LogP contribution is -2.12. The zero-order valence-corrected chi connectivity index (χ0v) is 12.8. The minimum Gasteiger partial charge on any atom is -0.505 e. The highest BCUT2D eigenvalue weighted by Crippen LogP contribution is 2.36. The zero-order chi connectivity index (χ0) is 15.6. The summed E-state index contributed by atoms with van der Waals surface area (Å²) in [6.45, 7) is 0. The minimum atomic E-state index is -0.345. The van der Waals surface area contributed by atoms with Gasteiger partial charge in [-0.25, -0.2) is 4.98 Å². The van der Waals surface area contributed by atoms with E-state index in [-0.39, 0.29) is 11.8 Å². The molecule has 0 radical (unpaired) electrons. The molecule has 2 N–H and O–H groups in total. The molecule has 0 saturated carbocycles. The maximum atomic E-state index is 10.7. The second-order valence-corrected chi connectivity index (χ2v) is 5.90. The van der Waals surface area contributed by atoms with Gasteiger partial charge in [-0.2, -0.15) is 0 Å². The summed E-state index contributed by atoms with van der Waals surface area (Å²) < 4.78 is 5.55. The van der Waals surface area contributed by atoms with E-state index < -0.39 is 0 Å². The lowest BCUT2D eigenvalue weighted by Gasteiger charge is -2.18. The number of anilines is 1. The van der Waals surface area contributed by atoms with Crippen molar-refractivity contribution in [3.05, 3.63) is 71.8 Å². The van der Waals surface area contributed by atoms with Crippen molar-refractivity contribution < 1.29 is 9.52 Å². The molecule has 4 aromatic rings. The van der Waals surface area contributed by atoms with E-state index in [1.807, 2.05) is 41.8 Å². The molecule has 1 atom stereocenters. The normalized spacial score (nSPS) is 12.3. The number of fused-ring (bicyclic) bond motifs is 1. The fraction of sp³-hybridized carbons (Fsp3) is 0.0588. The zero-order valence-electron chi connectivity index (χ0n) is 12.0. The van der Waals surface area contributed by atoms with Crippen LogP contribution in [0.5, 0.6) is 5.75 Å². The molecular weight excluding hydrogens is 310 g/mol. The first-order valence-corrected chi connectivity index (χ1v) is 7.97. The van der Waals surface area contributed by atoms with Gasteiger partial charge in [0.25, 0.3) is 0 Å². The number of pyridine rings is 1. The molecule has 0 saturated heterocycles. The van der Waals surface area contributed by atoms with Gasteiger partial charge in [0.15, 0.2) is 5.13 Å². The van der Waals surface area contributed by atoms with Gasteiger partial charge in [0.2, 0.25) is 0 Å². The van der Waals surface area contributed by atoms with E-state index in [1.165, 1.54) is 11.3 Å². The molecule has 0 amide bonds. The van der Waals surface area contributed by atoms with Gasteiger partial charge < -0.3 is 14.8 Å². The molecule has 4 rings (SSSR count). The second kappa shape index (κ2) is 5.73. The Morgan fingerprint density at radius 3 is 2.83 bits per heavy atom. The topological polar surface area (TPSA) is 71.2 Å². The maximum Gasteiger partial charge on any atom is 0.183 e. The van der Waals surface area contributed by atoms with E-state index in [9.17, 15) is 5.11 Å². The Kier molecular flexibility index (Phi) is 3.44. The van der Waals surface area contributed by atoms with E-state index in [0.29, 0.717) is 16.8 Å². The first-order valence-electron chi connectivity index (χ1n) is 7.09. The average molecular weight is 323 g/mol. The molecule has 0 aliphatic rings. The number of rotatable bonds is 4. The number of furan rings is 1. The summed E-state index contributed by atoms with van der Waals surface area (Å²) in [4.78, 5) is 8.53. The molecule has 0 spiro atoms. The Hall–Kier alpha value is -2.86. The molecular formula is C17H13N3O2S. The highest BCUT2D eigenvalue weighted by atomic mass is 32.1. The van der Waals surface area contributed by atoms with Gasteiger partial charge in [-0.1, -0.05) is 18.2 Å². The Balaban J connectivity index is 1.84. The number of nitrogens with one attached hydrogen (secondary N) is 1. The molecule has 0 aliphatic heterocycles. The average Bonchev–Trinajstić information content (AvgIpc) is 3.27. The van der Waals surface area contributed by atoms with Crippen LogP contribution in [0.1, 0.15) is 17.4 Å². The van der Waals surface area contributed by atoms with Crippen molar-refractivity contribution in [3.63, 3.8) is 0 Å². The van der Waals surface area contributed by atoms with Crippen LogP contribution in [0.25, 0.3) is 10.9 Å². The highest BCUT2D eigenvalue weighted by Gasteiger charge is 2.22. The number of phenolic OH excluding ortho intramolecular Hbond substituents is 1. The van der Waals surface area contributed by atoms with E-state index in [1.54, 1.807) is 18.7 Å². The van der Waals surface area contributed by atoms with Crippen molar-refractivity contribution in [3.8, 4) is 5.75 Å². The Bertz CT molecular complexity index is 920. The Morgan fingerprint density at radius 2 is 2.04 bits per heavy atom. The fourth-order valence-corrected chi connectivity index (χ4v) is 3.11. The first-order chi connectivity index (χ1) is 11.3. The van der Waals surface area contributed by atoms with E-state index in [4.69, 9.17) is 4.42 Å². The molecule has 0 unspecified atom stereocenters. The van der Waals surface area contributed by atoms with Crippen molar-refractivity contribution >= 4 is 27.4 Å². The fourth-order valence-electron chi connectivity index (χ4n) is 2.55. The van der Waals surface area contributed by atoms with Crippen molar-refractivity contribution in [1.82, 2.24) is 9.97 Å². The Morgan fingerprint density at radius 1 is 1.09 bits per heavy atom. The number of nitrogens with zero attached hydrogens (tertiary/aromatic N) is 2. The predicted molar refractivity (Wildman–Crippen MR) is 89.7 cm³/mol. The summed E-state index contributed by atoms with van der Waals surface area (Å²) >= 11 is 1.49. The lowest BCUT2D eigenvalue weighted by molar-refractivity contribution is 0.458. The van der Waals surface area contributed by atoms with E-state index in [0.717, 1.165) is 10.5 Å². The van der Waals surface area contributed by atoms with Gasteiger partial charge in [-0.15, -0.1) is 11.3 Å². The van der Waals surface area contributed by atoms with Crippen LogP contribution in [0.2, 0.25) is 0 Å². The van der Waals surface area contributed by atoms with Gasteiger partial charge in [0.05, 0.1) is 6.26 Å². The third-order valence-corrected chi connectivity index (χ3v) is 4.32.